The summed E-state index contributed by atoms with van der Waals surface area (Å²) in [4.78, 5) is 31.2. The zero-order valence-electron chi connectivity index (χ0n) is 18.1. The number of aliphatic imine (C=N–C) groups is 1. The Morgan fingerprint density at radius 1 is 1.03 bits per heavy atom. The van der Waals surface area contributed by atoms with Crippen LogP contribution in [-0.2, 0) is 9.59 Å². The Labute approximate surface area is 193 Å². The maximum absolute atomic E-state index is 13.2. The number of thiocarbonyl (C=S) groups is 1. The number of hydroxylamine groups is 1. The summed E-state index contributed by atoms with van der Waals surface area (Å²) in [7, 11) is 1.75. The summed E-state index contributed by atoms with van der Waals surface area (Å²) in [6.07, 6.45) is 3.47. The molecule has 0 aliphatic carbocycles. The van der Waals surface area contributed by atoms with Crippen LogP contribution in [0.3, 0.4) is 0 Å². The number of hydrogen-bond donors (Lipinski definition) is 3. The third-order valence-electron chi connectivity index (χ3n) is 5.37. The molecule has 1 unspecified atom stereocenters. The number of carbonyl (C=O) groups is 2. The Bertz CT molecular complexity index is 994. The number of nitrogens with one attached hydrogen (secondary N) is 2. The number of unbranched alkanes of at least 4 members (excludes halogenated alkanes) is 3. The highest BCUT2D eigenvalue weighted by Crippen LogP contribution is 2.27. The molecule has 0 fully saturated rings. The van der Waals surface area contributed by atoms with E-state index in [1.54, 1.807) is 17.4 Å². The maximum atomic E-state index is 13.2. The molecular weight excluding hydrogens is 424 g/mol. The van der Waals surface area contributed by atoms with Crippen molar-refractivity contribution in [3.63, 3.8) is 0 Å². The second kappa shape index (κ2) is 11.5. The Balaban J connectivity index is 1.69. The molecule has 2 amide bonds. The molecule has 0 saturated heterocycles. The topological polar surface area (TPSA) is 94.0 Å². The average molecular weight is 453 g/mol. The number of anilines is 1. The molecule has 32 heavy (non-hydrogen) atoms. The van der Waals surface area contributed by atoms with E-state index >= 15 is 0 Å². The number of rotatable bonds is 9. The van der Waals surface area contributed by atoms with Crippen molar-refractivity contribution in [3.05, 3.63) is 65.7 Å². The van der Waals surface area contributed by atoms with E-state index in [0.717, 1.165) is 41.8 Å². The number of fused-ring (bicyclic) bond motifs is 1. The van der Waals surface area contributed by atoms with Gasteiger partial charge < -0.3 is 10.2 Å². The molecule has 2 aromatic rings. The molecule has 0 aromatic heterocycles. The molecule has 0 saturated carbocycles. The Morgan fingerprint density at radius 3 is 2.41 bits per heavy atom. The van der Waals surface area contributed by atoms with Crippen LogP contribution in [0.15, 0.2) is 59.6 Å². The minimum absolute atomic E-state index is 0.166. The third kappa shape index (κ3) is 5.99. The fraction of sp³-hybridized carbons (Fsp3) is 0.333. The molecule has 8 heteroatoms. The molecule has 3 rings (SSSR count). The van der Waals surface area contributed by atoms with E-state index in [-0.39, 0.29) is 11.8 Å². The van der Waals surface area contributed by atoms with Gasteiger partial charge in [0.15, 0.2) is 6.17 Å². The lowest BCUT2D eigenvalue weighted by molar-refractivity contribution is -0.129. The van der Waals surface area contributed by atoms with E-state index in [2.05, 4.69) is 5.32 Å². The number of benzodiazepines with no additional fused rings is 1. The normalized spacial score (nSPS) is 15.4. The predicted molar refractivity (Wildman–Crippen MR) is 129 cm³/mol. The summed E-state index contributed by atoms with van der Waals surface area (Å²) >= 11 is 5.50. The monoisotopic (exact) mass is 452 g/mol. The molecule has 1 aliphatic rings. The number of likely N-dealkylation sites (N-methyl/N-ethyl adjacent to an activating group) is 1. The van der Waals surface area contributed by atoms with Gasteiger partial charge in [0.1, 0.15) is 0 Å². The van der Waals surface area contributed by atoms with Crippen LogP contribution in [0.1, 0.15) is 49.7 Å². The van der Waals surface area contributed by atoms with Crippen molar-refractivity contribution in [2.45, 2.75) is 44.7 Å². The van der Waals surface area contributed by atoms with Gasteiger partial charge >= 0.3 is 0 Å². The predicted octanol–water partition coefficient (Wildman–Crippen LogP) is 3.59. The molecule has 1 heterocycles. The van der Waals surface area contributed by atoms with E-state index in [1.165, 1.54) is 0 Å². The summed E-state index contributed by atoms with van der Waals surface area (Å²) in [5, 5.41) is 11.7. The molecule has 1 atom stereocenters. The summed E-state index contributed by atoms with van der Waals surface area (Å²) in [6, 6.07) is 17.6. The van der Waals surface area contributed by atoms with Crippen molar-refractivity contribution in [3.8, 4) is 0 Å². The lowest BCUT2D eigenvalue weighted by atomic mass is 10.0. The van der Waals surface area contributed by atoms with Gasteiger partial charge in [-0.15, -0.1) is 0 Å². The van der Waals surface area contributed by atoms with Crippen LogP contribution >= 0.6 is 12.2 Å². The second-order valence-corrected chi connectivity index (χ2v) is 8.17. The van der Waals surface area contributed by atoms with Crippen molar-refractivity contribution < 1.29 is 14.8 Å². The molecule has 0 bridgehead atoms. The molecule has 2 aromatic carbocycles. The van der Waals surface area contributed by atoms with Crippen LogP contribution in [-0.4, -0.2) is 40.9 Å². The Hall–Kier alpha value is -3.10. The van der Waals surface area contributed by atoms with Gasteiger partial charge in [0.05, 0.1) is 16.4 Å². The van der Waals surface area contributed by atoms with Gasteiger partial charge in [-0.2, -0.15) is 0 Å². The van der Waals surface area contributed by atoms with Crippen LogP contribution < -0.4 is 15.7 Å². The summed E-state index contributed by atoms with van der Waals surface area (Å²) < 4.78 is 0. The number of carbonyl (C=O) groups excluding carboxylic acids is 2. The SMILES string of the molecule is CN1C(=O)C(NC(=S)CCCCCCC(=O)NO)N=C(c2ccccc2)c2ccccc21. The van der Waals surface area contributed by atoms with Gasteiger partial charge in [-0.3, -0.25) is 14.8 Å². The van der Waals surface area contributed by atoms with Crippen molar-refractivity contribution in [1.82, 2.24) is 10.8 Å². The van der Waals surface area contributed by atoms with Gasteiger partial charge in [-0.25, -0.2) is 10.5 Å². The standard InChI is InChI=1S/C24H28N4O3S/c1-28-19-14-10-9-13-18(19)22(17-11-5-4-6-12-17)26-23(24(28)30)25-21(32)16-8-3-2-7-15-20(29)27-31/h4-6,9-14,23,31H,2-3,7-8,15-16H2,1H3,(H,25,32)(H,27,29). The van der Waals surface area contributed by atoms with Gasteiger partial charge in [-0.1, -0.05) is 73.6 Å². The highest BCUT2D eigenvalue weighted by molar-refractivity contribution is 7.80. The summed E-state index contributed by atoms with van der Waals surface area (Å²) in [6.45, 7) is 0. The minimum atomic E-state index is -0.802. The Kier molecular flexibility index (Phi) is 8.47. The lowest BCUT2D eigenvalue weighted by Gasteiger charge is -2.21. The van der Waals surface area contributed by atoms with Gasteiger partial charge in [0, 0.05) is 24.6 Å². The van der Waals surface area contributed by atoms with Crippen LogP contribution in [0.5, 0.6) is 0 Å². The first kappa shape index (κ1) is 23.6. The molecule has 0 radical (unpaired) electrons. The van der Waals surface area contributed by atoms with Crippen molar-refractivity contribution in [2.24, 2.45) is 4.99 Å². The smallest absolute Gasteiger partial charge is 0.271 e. The van der Waals surface area contributed by atoms with E-state index < -0.39 is 6.17 Å². The Morgan fingerprint density at radius 2 is 1.69 bits per heavy atom. The highest BCUT2D eigenvalue weighted by atomic mass is 32.1. The zero-order chi connectivity index (χ0) is 22.9. The van der Waals surface area contributed by atoms with Crippen LogP contribution in [0, 0.1) is 0 Å². The number of benzene rings is 2. The quantitative estimate of drug-likeness (QED) is 0.234. The number of para-hydroxylation sites is 1. The first-order valence-corrected chi connectivity index (χ1v) is 11.1. The summed E-state index contributed by atoms with van der Waals surface area (Å²) in [5.41, 5.74) is 5.03. The fourth-order valence-electron chi connectivity index (χ4n) is 3.65. The second-order valence-electron chi connectivity index (χ2n) is 7.68. The fourth-order valence-corrected chi connectivity index (χ4v) is 3.90. The largest absolute Gasteiger partial charge is 0.351 e. The van der Waals surface area contributed by atoms with Crippen molar-refractivity contribution in [1.29, 1.82) is 0 Å². The van der Waals surface area contributed by atoms with E-state index in [4.69, 9.17) is 22.4 Å². The van der Waals surface area contributed by atoms with Gasteiger partial charge in [0.2, 0.25) is 5.91 Å². The van der Waals surface area contributed by atoms with Crippen LogP contribution in [0.25, 0.3) is 0 Å². The van der Waals surface area contributed by atoms with Crippen molar-refractivity contribution in [2.75, 3.05) is 11.9 Å². The molecule has 3 N–H and O–H groups in total. The molecule has 0 spiro atoms. The van der Waals surface area contributed by atoms with Crippen molar-refractivity contribution >= 4 is 40.4 Å². The van der Waals surface area contributed by atoms with Crippen LogP contribution in [0.2, 0.25) is 0 Å². The van der Waals surface area contributed by atoms with E-state index in [9.17, 15) is 9.59 Å². The maximum Gasteiger partial charge on any atom is 0.271 e. The summed E-state index contributed by atoms with van der Waals surface area (Å²) in [5.74, 6) is -0.535. The van der Waals surface area contributed by atoms with Gasteiger partial charge in [0.25, 0.3) is 5.91 Å². The van der Waals surface area contributed by atoms with E-state index in [0.29, 0.717) is 24.3 Å². The first-order chi connectivity index (χ1) is 15.5. The minimum Gasteiger partial charge on any atom is -0.351 e. The highest BCUT2D eigenvalue weighted by Gasteiger charge is 2.30. The molecule has 1 aliphatic heterocycles. The first-order valence-electron chi connectivity index (χ1n) is 10.7. The zero-order valence-corrected chi connectivity index (χ0v) is 18.9. The molecular formula is C24H28N4O3S. The van der Waals surface area contributed by atoms with Gasteiger partial charge in [-0.05, 0) is 25.3 Å². The molecule has 168 valence electrons. The van der Waals surface area contributed by atoms with E-state index in [1.807, 2.05) is 54.6 Å². The number of amides is 2. The van der Waals surface area contributed by atoms with Crippen LogP contribution in [0.4, 0.5) is 5.69 Å². The number of hydrogen-bond acceptors (Lipinski definition) is 5. The molecule has 7 nitrogen and oxygen atoms in total. The third-order valence-corrected chi connectivity index (χ3v) is 5.69. The number of nitrogens with zero attached hydrogens (tertiary/aromatic N) is 2. The average Bonchev–Trinajstić information content (AvgIpc) is 2.92. The lowest BCUT2D eigenvalue weighted by Crippen LogP contribution is -2.45.